The molecule has 0 aliphatic rings. The predicted molar refractivity (Wildman–Crippen MR) is 69.9 cm³/mol. The molecule has 2 N–H and O–H groups in total. The fourth-order valence-electron chi connectivity index (χ4n) is 1.44. The molecule has 18 heavy (non-hydrogen) atoms. The molecule has 0 saturated heterocycles. The molecule has 0 amide bonds. The van der Waals surface area contributed by atoms with Gasteiger partial charge in [0.15, 0.2) is 0 Å². The van der Waals surface area contributed by atoms with E-state index < -0.39 is 12.1 Å². The summed E-state index contributed by atoms with van der Waals surface area (Å²) in [4.78, 5) is 0.849. The third-order valence-corrected chi connectivity index (χ3v) is 3.92. The fourth-order valence-corrected chi connectivity index (χ4v) is 2.49. The molecule has 0 spiro atoms. The van der Waals surface area contributed by atoms with Crippen molar-refractivity contribution in [2.45, 2.75) is 30.8 Å². The third kappa shape index (κ3) is 4.53. The lowest BCUT2D eigenvalue weighted by atomic mass is 10.0. The highest BCUT2D eigenvalue weighted by molar-refractivity contribution is 7.99. The molecule has 1 atom stereocenters. The predicted octanol–water partition coefficient (Wildman–Crippen LogP) is 4.04. The molecule has 0 aromatic heterocycles. The molecule has 102 valence electrons. The van der Waals surface area contributed by atoms with Gasteiger partial charge in [0.25, 0.3) is 0 Å². The van der Waals surface area contributed by atoms with E-state index in [9.17, 15) is 13.2 Å². The smallest absolute Gasteiger partial charge is 0.330 e. The second kappa shape index (κ2) is 6.48. The van der Waals surface area contributed by atoms with Gasteiger partial charge in [0.2, 0.25) is 0 Å². The summed E-state index contributed by atoms with van der Waals surface area (Å²) < 4.78 is 37.5. The number of hydrogen-bond acceptors (Lipinski definition) is 2. The first-order valence-corrected chi connectivity index (χ1v) is 6.82. The number of hydrogen-bond donors (Lipinski definition) is 1. The molecular weight excluding hydrogens is 259 g/mol. The summed E-state index contributed by atoms with van der Waals surface area (Å²) >= 11 is 1.20. The molecule has 0 radical (unpaired) electrons. The van der Waals surface area contributed by atoms with Crippen molar-refractivity contribution < 1.29 is 13.2 Å². The van der Waals surface area contributed by atoms with Gasteiger partial charge in [-0.2, -0.15) is 13.2 Å². The zero-order chi connectivity index (χ0) is 13.8. The van der Waals surface area contributed by atoms with Crippen molar-refractivity contribution in [3.8, 4) is 0 Å². The van der Waals surface area contributed by atoms with Gasteiger partial charge in [0.05, 0.1) is 5.92 Å². The lowest BCUT2D eigenvalue weighted by Gasteiger charge is -2.17. The van der Waals surface area contributed by atoms with Crippen molar-refractivity contribution in [1.29, 1.82) is 0 Å². The molecule has 0 fully saturated rings. The number of thioether (sulfide) groups is 1. The number of halogens is 3. The normalized spacial score (nSPS) is 13.9. The van der Waals surface area contributed by atoms with Gasteiger partial charge < -0.3 is 5.73 Å². The van der Waals surface area contributed by atoms with Crippen LogP contribution < -0.4 is 5.73 Å². The van der Waals surface area contributed by atoms with Gasteiger partial charge in [-0.1, -0.05) is 26.0 Å². The summed E-state index contributed by atoms with van der Waals surface area (Å²) in [5, 5.41) is 0. The Hall–Kier alpha value is -0.680. The first-order chi connectivity index (χ1) is 8.34. The molecule has 0 aliphatic heterocycles. The van der Waals surface area contributed by atoms with Crippen LogP contribution in [0, 0.1) is 5.92 Å². The average Bonchev–Trinajstić information content (AvgIpc) is 2.28. The van der Waals surface area contributed by atoms with Crippen molar-refractivity contribution in [2.24, 2.45) is 11.7 Å². The summed E-state index contributed by atoms with van der Waals surface area (Å²) in [6, 6.07) is 7.64. The molecule has 1 unspecified atom stereocenters. The molecular formula is C13H18F3NS. The molecule has 0 aliphatic carbocycles. The van der Waals surface area contributed by atoms with Crippen molar-refractivity contribution >= 4 is 11.8 Å². The monoisotopic (exact) mass is 277 g/mol. The first kappa shape index (κ1) is 15.4. The van der Waals surface area contributed by atoms with E-state index in [-0.39, 0.29) is 12.3 Å². The van der Waals surface area contributed by atoms with E-state index in [0.717, 1.165) is 4.90 Å². The quantitative estimate of drug-likeness (QED) is 0.822. The van der Waals surface area contributed by atoms with Crippen molar-refractivity contribution in [2.75, 3.05) is 12.3 Å². The average molecular weight is 277 g/mol. The van der Waals surface area contributed by atoms with Gasteiger partial charge in [-0.15, -0.1) is 11.8 Å². The molecule has 1 aromatic rings. The summed E-state index contributed by atoms with van der Waals surface area (Å²) in [7, 11) is 0. The van der Waals surface area contributed by atoms with Crippen LogP contribution >= 0.6 is 11.8 Å². The van der Waals surface area contributed by atoms with E-state index in [4.69, 9.17) is 5.73 Å². The zero-order valence-electron chi connectivity index (χ0n) is 10.5. The fraction of sp³-hybridized carbons (Fsp3) is 0.538. The largest absolute Gasteiger partial charge is 0.393 e. The minimum atomic E-state index is -4.21. The first-order valence-electron chi connectivity index (χ1n) is 5.84. The van der Waals surface area contributed by atoms with Gasteiger partial charge in [-0.3, -0.25) is 0 Å². The Morgan fingerprint density at radius 3 is 2.11 bits per heavy atom. The van der Waals surface area contributed by atoms with Crippen molar-refractivity contribution in [3.63, 3.8) is 0 Å². The molecule has 1 nitrogen and oxygen atoms in total. The number of rotatable bonds is 5. The lowest BCUT2D eigenvalue weighted by Crippen LogP contribution is -2.32. The Labute approximate surface area is 110 Å². The standard InChI is InChI=1S/C13H18F3NS/c1-9(2)10-3-5-12(6-4-10)18-8-11(7-17)13(14,15)16/h3-6,9,11H,7-8,17H2,1-2H3. The number of alkyl halides is 3. The van der Waals surface area contributed by atoms with Gasteiger partial charge >= 0.3 is 6.18 Å². The van der Waals surface area contributed by atoms with E-state index in [0.29, 0.717) is 5.92 Å². The second-order valence-corrected chi connectivity index (χ2v) is 5.60. The van der Waals surface area contributed by atoms with Crippen LogP contribution in [-0.4, -0.2) is 18.5 Å². The maximum Gasteiger partial charge on any atom is 0.393 e. The SMILES string of the molecule is CC(C)c1ccc(SCC(CN)C(F)(F)F)cc1. The van der Waals surface area contributed by atoms with Crippen LogP contribution in [0.1, 0.15) is 25.3 Å². The Bertz CT molecular complexity index is 359. The van der Waals surface area contributed by atoms with Crippen LogP contribution in [0.25, 0.3) is 0 Å². The van der Waals surface area contributed by atoms with Gasteiger partial charge in [0.1, 0.15) is 0 Å². The van der Waals surface area contributed by atoms with Gasteiger partial charge in [0, 0.05) is 17.2 Å². The summed E-state index contributed by atoms with van der Waals surface area (Å²) in [5.74, 6) is -1.04. The van der Waals surface area contributed by atoms with E-state index in [1.807, 2.05) is 24.3 Å². The number of benzene rings is 1. The second-order valence-electron chi connectivity index (χ2n) is 4.51. The van der Waals surface area contributed by atoms with Crippen LogP contribution in [0.2, 0.25) is 0 Å². The molecule has 1 rings (SSSR count). The van der Waals surface area contributed by atoms with E-state index in [1.165, 1.54) is 17.3 Å². The van der Waals surface area contributed by atoms with Gasteiger partial charge in [-0.05, 0) is 23.6 Å². The highest BCUT2D eigenvalue weighted by Crippen LogP contribution is 2.31. The summed E-state index contributed by atoms with van der Waals surface area (Å²) in [5.41, 5.74) is 6.34. The molecule has 0 bridgehead atoms. The summed E-state index contributed by atoms with van der Waals surface area (Å²) in [6.07, 6.45) is -4.21. The maximum atomic E-state index is 12.5. The van der Waals surface area contributed by atoms with Crippen LogP contribution in [-0.2, 0) is 0 Å². The van der Waals surface area contributed by atoms with Crippen LogP contribution in [0.4, 0.5) is 13.2 Å². The van der Waals surface area contributed by atoms with Crippen LogP contribution in [0.15, 0.2) is 29.2 Å². The van der Waals surface area contributed by atoms with Gasteiger partial charge in [-0.25, -0.2) is 0 Å². The molecule has 0 saturated carbocycles. The zero-order valence-corrected chi connectivity index (χ0v) is 11.3. The molecule has 1 aromatic carbocycles. The highest BCUT2D eigenvalue weighted by Gasteiger charge is 2.38. The summed E-state index contributed by atoms with van der Waals surface area (Å²) in [6.45, 7) is 3.80. The minimum Gasteiger partial charge on any atom is -0.330 e. The maximum absolute atomic E-state index is 12.5. The third-order valence-electron chi connectivity index (χ3n) is 2.75. The van der Waals surface area contributed by atoms with Crippen molar-refractivity contribution in [1.82, 2.24) is 0 Å². The van der Waals surface area contributed by atoms with E-state index in [1.54, 1.807) is 0 Å². The minimum absolute atomic E-state index is 0.0268. The Morgan fingerprint density at radius 1 is 1.17 bits per heavy atom. The Kier molecular flexibility index (Phi) is 5.53. The Balaban J connectivity index is 2.58. The van der Waals surface area contributed by atoms with E-state index in [2.05, 4.69) is 13.8 Å². The molecule has 0 heterocycles. The number of nitrogens with two attached hydrogens (primary N) is 1. The Morgan fingerprint density at radius 2 is 1.72 bits per heavy atom. The highest BCUT2D eigenvalue weighted by atomic mass is 32.2. The topological polar surface area (TPSA) is 26.0 Å². The van der Waals surface area contributed by atoms with Crippen LogP contribution in [0.3, 0.4) is 0 Å². The lowest BCUT2D eigenvalue weighted by molar-refractivity contribution is -0.165. The molecule has 5 heteroatoms. The van der Waals surface area contributed by atoms with Crippen molar-refractivity contribution in [3.05, 3.63) is 29.8 Å². The van der Waals surface area contributed by atoms with Crippen LogP contribution in [0.5, 0.6) is 0 Å². The van der Waals surface area contributed by atoms with E-state index >= 15 is 0 Å².